The van der Waals surface area contributed by atoms with E-state index in [0.29, 0.717) is 0 Å². The standard InChI is InChI=1S/C9H6ClNO3S/c1-14-9(12)8-3-2-7(15(10)13)4-6(8)5-11/h2-4H,1H3. The fourth-order valence-corrected chi connectivity index (χ4v) is 1.68. The van der Waals surface area contributed by atoms with Crippen LogP contribution in [0.25, 0.3) is 0 Å². The SMILES string of the molecule is COC(=O)c1ccc(S(=O)Cl)cc1C#N. The number of nitrogens with zero attached hydrogens (tertiary/aromatic N) is 1. The van der Waals surface area contributed by atoms with Gasteiger partial charge in [-0.2, -0.15) is 5.26 Å². The summed E-state index contributed by atoms with van der Waals surface area (Å²) in [6.07, 6.45) is 0. The van der Waals surface area contributed by atoms with E-state index in [9.17, 15) is 9.00 Å². The Hall–Kier alpha value is -1.38. The lowest BCUT2D eigenvalue weighted by Gasteiger charge is -2.02. The maximum atomic E-state index is 11.2. The third-order valence-electron chi connectivity index (χ3n) is 1.70. The van der Waals surface area contributed by atoms with E-state index in [1.165, 1.54) is 25.3 Å². The minimum absolute atomic E-state index is 0.0911. The van der Waals surface area contributed by atoms with E-state index >= 15 is 0 Å². The minimum atomic E-state index is -1.70. The molecule has 0 bridgehead atoms. The summed E-state index contributed by atoms with van der Waals surface area (Å²) in [4.78, 5) is 11.5. The Bertz CT molecular complexity index is 467. The molecule has 1 unspecified atom stereocenters. The van der Waals surface area contributed by atoms with Crippen LogP contribution in [0.3, 0.4) is 0 Å². The van der Waals surface area contributed by atoms with Crippen LogP contribution in [0, 0.1) is 11.3 Å². The minimum Gasteiger partial charge on any atom is -0.465 e. The molecule has 6 heteroatoms. The van der Waals surface area contributed by atoms with Gasteiger partial charge in [-0.05, 0) is 28.9 Å². The molecule has 0 saturated heterocycles. The normalized spacial score (nSPS) is 11.5. The first-order valence-corrected chi connectivity index (χ1v) is 5.78. The van der Waals surface area contributed by atoms with Crippen LogP contribution in [-0.4, -0.2) is 17.3 Å². The van der Waals surface area contributed by atoms with Gasteiger partial charge in [-0.15, -0.1) is 0 Å². The molecule has 0 heterocycles. The molecule has 78 valence electrons. The lowest BCUT2D eigenvalue weighted by Crippen LogP contribution is -2.04. The largest absolute Gasteiger partial charge is 0.465 e. The first-order chi connectivity index (χ1) is 7.10. The quantitative estimate of drug-likeness (QED) is 0.585. The average molecular weight is 244 g/mol. The molecule has 1 rings (SSSR count). The van der Waals surface area contributed by atoms with Gasteiger partial charge in [0.2, 0.25) is 0 Å². The highest BCUT2D eigenvalue weighted by Crippen LogP contribution is 2.16. The van der Waals surface area contributed by atoms with Crippen molar-refractivity contribution in [1.82, 2.24) is 0 Å². The highest BCUT2D eigenvalue weighted by Gasteiger charge is 2.13. The highest BCUT2D eigenvalue weighted by atomic mass is 35.7. The predicted molar refractivity (Wildman–Crippen MR) is 54.8 cm³/mol. The van der Waals surface area contributed by atoms with Gasteiger partial charge in [-0.1, -0.05) is 0 Å². The van der Waals surface area contributed by atoms with Crippen molar-refractivity contribution in [2.75, 3.05) is 7.11 Å². The van der Waals surface area contributed by atoms with Gasteiger partial charge in [0.1, 0.15) is 16.1 Å². The zero-order chi connectivity index (χ0) is 11.4. The molecule has 0 radical (unpaired) electrons. The van der Waals surface area contributed by atoms with Crippen LogP contribution in [0.15, 0.2) is 23.1 Å². The monoisotopic (exact) mass is 243 g/mol. The molecule has 0 saturated carbocycles. The molecule has 0 aliphatic heterocycles. The summed E-state index contributed by atoms with van der Waals surface area (Å²) < 4.78 is 15.4. The Morgan fingerprint density at radius 3 is 2.73 bits per heavy atom. The van der Waals surface area contributed by atoms with Crippen LogP contribution in [0.1, 0.15) is 15.9 Å². The second-order valence-corrected chi connectivity index (χ2v) is 4.29. The molecule has 0 amide bonds. The van der Waals surface area contributed by atoms with Crippen molar-refractivity contribution >= 4 is 26.7 Å². The van der Waals surface area contributed by atoms with Crippen LogP contribution in [0.4, 0.5) is 0 Å². The van der Waals surface area contributed by atoms with Crippen LogP contribution in [0.5, 0.6) is 0 Å². The molecular formula is C9H6ClNO3S. The van der Waals surface area contributed by atoms with Gasteiger partial charge in [0.25, 0.3) is 0 Å². The number of carbonyl (C=O) groups excluding carboxylic acids is 1. The summed E-state index contributed by atoms with van der Waals surface area (Å²) in [6, 6.07) is 5.89. The zero-order valence-electron chi connectivity index (χ0n) is 7.69. The molecule has 1 atom stereocenters. The maximum Gasteiger partial charge on any atom is 0.339 e. The molecule has 0 aromatic heterocycles. The van der Waals surface area contributed by atoms with Crippen LogP contribution >= 0.6 is 10.7 Å². The Balaban J connectivity index is 3.28. The van der Waals surface area contributed by atoms with E-state index < -0.39 is 16.0 Å². The zero-order valence-corrected chi connectivity index (χ0v) is 9.26. The van der Waals surface area contributed by atoms with Crippen molar-refractivity contribution in [3.8, 4) is 6.07 Å². The molecule has 1 aromatic carbocycles. The van der Waals surface area contributed by atoms with Gasteiger partial charge in [0, 0.05) is 0 Å². The number of hydrogen-bond donors (Lipinski definition) is 0. The first kappa shape index (κ1) is 11.7. The second kappa shape index (κ2) is 4.91. The average Bonchev–Trinajstić information content (AvgIpc) is 2.27. The molecule has 0 N–H and O–H groups in total. The molecule has 0 fully saturated rings. The van der Waals surface area contributed by atoms with E-state index in [1.54, 1.807) is 0 Å². The smallest absolute Gasteiger partial charge is 0.339 e. The number of carbonyl (C=O) groups is 1. The van der Waals surface area contributed by atoms with Gasteiger partial charge in [0.05, 0.1) is 23.1 Å². The predicted octanol–water partition coefficient (Wildman–Crippen LogP) is 1.61. The summed E-state index contributed by atoms with van der Waals surface area (Å²) in [5.74, 6) is -0.613. The Kier molecular flexibility index (Phi) is 3.83. The van der Waals surface area contributed by atoms with E-state index in [-0.39, 0.29) is 16.0 Å². The van der Waals surface area contributed by atoms with Gasteiger partial charge in [0.15, 0.2) is 0 Å². The highest BCUT2D eigenvalue weighted by molar-refractivity contribution is 8.08. The lowest BCUT2D eigenvalue weighted by molar-refractivity contribution is 0.0600. The molecular weight excluding hydrogens is 238 g/mol. The lowest BCUT2D eigenvalue weighted by atomic mass is 10.1. The molecule has 1 aromatic rings. The van der Waals surface area contributed by atoms with Crippen LogP contribution < -0.4 is 0 Å². The van der Waals surface area contributed by atoms with Crippen LogP contribution in [0.2, 0.25) is 0 Å². The number of halogens is 1. The van der Waals surface area contributed by atoms with Crippen molar-refractivity contribution in [3.05, 3.63) is 29.3 Å². The van der Waals surface area contributed by atoms with E-state index in [2.05, 4.69) is 4.74 Å². The maximum absolute atomic E-state index is 11.2. The summed E-state index contributed by atoms with van der Waals surface area (Å²) in [6.45, 7) is 0. The van der Waals surface area contributed by atoms with Gasteiger partial charge >= 0.3 is 5.97 Å². The van der Waals surface area contributed by atoms with Gasteiger partial charge in [-0.25, -0.2) is 9.00 Å². The summed E-state index contributed by atoms with van der Waals surface area (Å²) in [7, 11) is 4.87. The number of rotatable bonds is 2. The molecule has 0 spiro atoms. The number of nitriles is 1. The fourth-order valence-electron chi connectivity index (χ4n) is 1.00. The summed E-state index contributed by atoms with van der Waals surface area (Å²) >= 11 is 0. The van der Waals surface area contributed by atoms with Crippen LogP contribution in [-0.2, 0) is 14.7 Å². The third kappa shape index (κ3) is 2.55. The van der Waals surface area contributed by atoms with Crippen molar-refractivity contribution in [2.24, 2.45) is 0 Å². The first-order valence-electron chi connectivity index (χ1n) is 3.80. The Morgan fingerprint density at radius 2 is 2.27 bits per heavy atom. The van der Waals surface area contributed by atoms with E-state index in [0.717, 1.165) is 0 Å². The van der Waals surface area contributed by atoms with Gasteiger partial charge < -0.3 is 4.74 Å². The molecule has 0 aliphatic rings. The fraction of sp³-hybridized carbons (Fsp3) is 0.111. The Morgan fingerprint density at radius 1 is 1.60 bits per heavy atom. The number of hydrogen-bond acceptors (Lipinski definition) is 4. The molecule has 0 aliphatic carbocycles. The second-order valence-electron chi connectivity index (χ2n) is 2.53. The summed E-state index contributed by atoms with van der Waals surface area (Å²) in [5.41, 5.74) is 0.221. The number of methoxy groups -OCH3 is 1. The third-order valence-corrected chi connectivity index (χ3v) is 2.86. The van der Waals surface area contributed by atoms with Gasteiger partial charge in [-0.3, -0.25) is 0 Å². The number of esters is 1. The Labute approximate surface area is 93.4 Å². The topological polar surface area (TPSA) is 67.2 Å². The molecule has 4 nitrogen and oxygen atoms in total. The molecule has 15 heavy (non-hydrogen) atoms. The number of benzene rings is 1. The van der Waals surface area contributed by atoms with Crippen molar-refractivity contribution in [2.45, 2.75) is 4.90 Å². The number of ether oxygens (including phenoxy) is 1. The van der Waals surface area contributed by atoms with E-state index in [4.69, 9.17) is 15.9 Å². The van der Waals surface area contributed by atoms with E-state index in [1.807, 2.05) is 6.07 Å². The van der Waals surface area contributed by atoms with Crippen molar-refractivity contribution in [3.63, 3.8) is 0 Å². The van der Waals surface area contributed by atoms with Crippen molar-refractivity contribution in [1.29, 1.82) is 5.26 Å². The van der Waals surface area contributed by atoms with Crippen molar-refractivity contribution < 1.29 is 13.7 Å². The summed E-state index contributed by atoms with van der Waals surface area (Å²) in [5, 5.41) is 8.77.